The predicted octanol–water partition coefficient (Wildman–Crippen LogP) is 2.57. The molecule has 1 aliphatic heterocycles. The Morgan fingerprint density at radius 1 is 1.32 bits per heavy atom. The van der Waals surface area contributed by atoms with Crippen LogP contribution in [0.1, 0.15) is 13.8 Å². The molecular weight excluding hydrogens is 302 g/mol. The van der Waals surface area contributed by atoms with Gasteiger partial charge in [0, 0.05) is 35.3 Å². The van der Waals surface area contributed by atoms with Gasteiger partial charge in [-0.3, -0.25) is 0 Å². The summed E-state index contributed by atoms with van der Waals surface area (Å²) in [5.74, 6) is 0. The van der Waals surface area contributed by atoms with Crippen LogP contribution in [0.2, 0.25) is 0 Å². The Morgan fingerprint density at radius 3 is 2.53 bits per heavy atom. The molecule has 0 aliphatic carbocycles. The number of hydrogen-bond acceptors (Lipinski definition) is 3. The number of rotatable bonds is 3. The van der Waals surface area contributed by atoms with Crippen molar-refractivity contribution in [3.8, 4) is 0 Å². The smallest absolute Gasteiger partial charge is 0.0542 e. The van der Waals surface area contributed by atoms with Gasteiger partial charge < -0.3 is 15.1 Å². The number of hydrogen-bond donors (Lipinski definition) is 1. The van der Waals surface area contributed by atoms with Crippen molar-refractivity contribution in [2.24, 2.45) is 0 Å². The van der Waals surface area contributed by atoms with Crippen molar-refractivity contribution < 1.29 is 0 Å². The highest BCUT2D eigenvalue weighted by molar-refractivity contribution is 9.10. The van der Waals surface area contributed by atoms with Gasteiger partial charge in [0.05, 0.1) is 6.04 Å². The molecule has 1 aromatic rings. The second-order valence-corrected chi connectivity index (χ2v) is 7.20. The largest absolute Gasteiger partial charge is 0.364 e. The molecule has 19 heavy (non-hydrogen) atoms. The molecule has 0 amide bonds. The second kappa shape index (κ2) is 5.81. The Labute approximate surface area is 125 Å². The molecule has 1 atom stereocenters. The van der Waals surface area contributed by atoms with Crippen molar-refractivity contribution in [2.45, 2.75) is 25.4 Å². The van der Waals surface area contributed by atoms with Gasteiger partial charge in [0.1, 0.15) is 0 Å². The number of likely N-dealkylation sites (N-methyl/N-ethyl adjacent to an activating group) is 1. The first-order chi connectivity index (χ1) is 8.87. The first kappa shape index (κ1) is 14.8. The van der Waals surface area contributed by atoms with Gasteiger partial charge in [0.2, 0.25) is 0 Å². The van der Waals surface area contributed by atoms with Gasteiger partial charge in [-0.2, -0.15) is 0 Å². The summed E-state index contributed by atoms with van der Waals surface area (Å²) in [4.78, 5) is 4.79. The van der Waals surface area contributed by atoms with Gasteiger partial charge in [-0.25, -0.2) is 0 Å². The average Bonchev–Trinajstić information content (AvgIpc) is 2.32. The van der Waals surface area contributed by atoms with Crippen LogP contribution in [0.15, 0.2) is 28.7 Å². The zero-order chi connectivity index (χ0) is 14.0. The first-order valence-corrected chi connectivity index (χ1v) is 7.59. The molecule has 1 fully saturated rings. The van der Waals surface area contributed by atoms with Gasteiger partial charge in [-0.05, 0) is 52.2 Å². The molecule has 0 saturated carbocycles. The molecule has 1 aromatic carbocycles. The molecule has 4 heteroatoms. The zero-order valence-corrected chi connectivity index (χ0v) is 13.9. The fourth-order valence-electron chi connectivity index (χ4n) is 2.63. The van der Waals surface area contributed by atoms with E-state index in [0.29, 0.717) is 6.04 Å². The van der Waals surface area contributed by atoms with Crippen molar-refractivity contribution in [1.82, 2.24) is 10.2 Å². The van der Waals surface area contributed by atoms with Crippen LogP contribution in [0.25, 0.3) is 0 Å². The minimum absolute atomic E-state index is 0.163. The SMILES string of the molecule is CN(C)CC1CNC(C)(C)CN1c1ccc(Br)cc1. The molecule has 1 saturated heterocycles. The van der Waals surface area contributed by atoms with Crippen molar-refractivity contribution in [2.75, 3.05) is 38.6 Å². The van der Waals surface area contributed by atoms with E-state index in [1.165, 1.54) is 5.69 Å². The summed E-state index contributed by atoms with van der Waals surface area (Å²) in [6, 6.07) is 9.17. The Bertz CT molecular complexity index is 414. The first-order valence-electron chi connectivity index (χ1n) is 6.79. The molecule has 0 bridgehead atoms. The van der Waals surface area contributed by atoms with Crippen LogP contribution in [0, 0.1) is 0 Å². The van der Waals surface area contributed by atoms with E-state index < -0.39 is 0 Å². The number of anilines is 1. The molecule has 1 heterocycles. The predicted molar refractivity (Wildman–Crippen MR) is 85.9 cm³/mol. The average molecular weight is 326 g/mol. The van der Waals surface area contributed by atoms with Crippen LogP contribution >= 0.6 is 15.9 Å². The highest BCUT2D eigenvalue weighted by Crippen LogP contribution is 2.25. The van der Waals surface area contributed by atoms with Crippen LogP contribution in [-0.2, 0) is 0 Å². The molecule has 106 valence electrons. The lowest BCUT2D eigenvalue weighted by Gasteiger charge is -2.46. The standard InChI is InChI=1S/C15H24BrN3/c1-15(2)11-19(13-7-5-12(16)6-8-13)14(9-17-15)10-18(3)4/h5-8,14,17H,9-11H2,1-4H3. The topological polar surface area (TPSA) is 18.5 Å². The van der Waals surface area contributed by atoms with Gasteiger partial charge in [-0.1, -0.05) is 15.9 Å². The molecule has 0 aromatic heterocycles. The molecule has 0 radical (unpaired) electrons. The third kappa shape index (κ3) is 3.94. The minimum Gasteiger partial charge on any atom is -0.364 e. The van der Waals surface area contributed by atoms with Gasteiger partial charge in [-0.15, -0.1) is 0 Å². The Balaban J connectivity index is 2.21. The number of nitrogens with zero attached hydrogens (tertiary/aromatic N) is 2. The van der Waals surface area contributed by atoms with Crippen LogP contribution < -0.4 is 10.2 Å². The molecule has 1 N–H and O–H groups in total. The maximum Gasteiger partial charge on any atom is 0.0542 e. The lowest BCUT2D eigenvalue weighted by atomic mass is 9.97. The fourth-order valence-corrected chi connectivity index (χ4v) is 2.90. The van der Waals surface area contributed by atoms with E-state index in [2.05, 4.69) is 83.3 Å². The van der Waals surface area contributed by atoms with E-state index in [1.54, 1.807) is 0 Å². The van der Waals surface area contributed by atoms with E-state index >= 15 is 0 Å². The summed E-state index contributed by atoms with van der Waals surface area (Å²) in [6.07, 6.45) is 0. The molecule has 1 unspecified atom stereocenters. The summed E-state index contributed by atoms with van der Waals surface area (Å²) in [6.45, 7) is 7.67. The summed E-state index contributed by atoms with van der Waals surface area (Å²) in [5.41, 5.74) is 1.47. The second-order valence-electron chi connectivity index (χ2n) is 6.29. The van der Waals surface area contributed by atoms with E-state index in [-0.39, 0.29) is 5.54 Å². The van der Waals surface area contributed by atoms with E-state index in [1.807, 2.05) is 0 Å². The van der Waals surface area contributed by atoms with Crippen molar-refractivity contribution in [3.63, 3.8) is 0 Å². The maximum atomic E-state index is 3.65. The molecule has 0 spiro atoms. The number of halogens is 1. The van der Waals surface area contributed by atoms with Crippen molar-refractivity contribution in [1.29, 1.82) is 0 Å². The lowest BCUT2D eigenvalue weighted by Crippen LogP contribution is -2.63. The van der Waals surface area contributed by atoms with Crippen LogP contribution in [-0.4, -0.2) is 50.2 Å². The van der Waals surface area contributed by atoms with E-state index in [0.717, 1.165) is 24.1 Å². The zero-order valence-electron chi connectivity index (χ0n) is 12.3. The summed E-state index contributed by atoms with van der Waals surface area (Å²) in [5, 5.41) is 3.65. The maximum absolute atomic E-state index is 3.65. The fraction of sp³-hybridized carbons (Fsp3) is 0.600. The Hall–Kier alpha value is -0.580. The van der Waals surface area contributed by atoms with Gasteiger partial charge >= 0.3 is 0 Å². The lowest BCUT2D eigenvalue weighted by molar-refractivity contribution is 0.268. The van der Waals surface area contributed by atoms with E-state index in [4.69, 9.17) is 0 Å². The molecule has 2 rings (SSSR count). The molecule has 3 nitrogen and oxygen atoms in total. The normalized spacial score (nSPS) is 22.8. The van der Waals surface area contributed by atoms with Gasteiger partial charge in [0.15, 0.2) is 0 Å². The monoisotopic (exact) mass is 325 g/mol. The van der Waals surface area contributed by atoms with Crippen molar-refractivity contribution in [3.05, 3.63) is 28.7 Å². The highest BCUT2D eigenvalue weighted by atomic mass is 79.9. The van der Waals surface area contributed by atoms with Crippen LogP contribution in [0.4, 0.5) is 5.69 Å². The van der Waals surface area contributed by atoms with Crippen LogP contribution in [0.3, 0.4) is 0 Å². The summed E-state index contributed by atoms with van der Waals surface area (Å²) in [7, 11) is 4.28. The van der Waals surface area contributed by atoms with E-state index in [9.17, 15) is 0 Å². The Kier molecular flexibility index (Phi) is 4.54. The summed E-state index contributed by atoms with van der Waals surface area (Å²) >= 11 is 3.51. The minimum atomic E-state index is 0.163. The molecular formula is C15H24BrN3. The number of nitrogens with one attached hydrogen (secondary N) is 1. The van der Waals surface area contributed by atoms with Crippen LogP contribution in [0.5, 0.6) is 0 Å². The molecule has 1 aliphatic rings. The highest BCUT2D eigenvalue weighted by Gasteiger charge is 2.32. The third-order valence-corrected chi connectivity index (χ3v) is 4.09. The number of benzene rings is 1. The van der Waals surface area contributed by atoms with Crippen molar-refractivity contribution >= 4 is 21.6 Å². The summed E-state index contributed by atoms with van der Waals surface area (Å²) < 4.78 is 1.13. The quantitative estimate of drug-likeness (QED) is 0.921. The van der Waals surface area contributed by atoms with Gasteiger partial charge in [0.25, 0.3) is 0 Å². The Morgan fingerprint density at radius 2 is 1.95 bits per heavy atom. The number of piperazine rings is 1. The third-order valence-electron chi connectivity index (χ3n) is 3.56.